The van der Waals surface area contributed by atoms with Crippen LogP contribution in [0.5, 0.6) is 0 Å². The molecule has 0 saturated carbocycles. The maximum Gasteiger partial charge on any atom is 0.249 e. The number of benzene rings is 2. The summed E-state index contributed by atoms with van der Waals surface area (Å²) in [6.07, 6.45) is 0.703. The van der Waals surface area contributed by atoms with Crippen LogP contribution in [-0.2, 0) is 20.7 Å². The van der Waals surface area contributed by atoms with Gasteiger partial charge in [0.25, 0.3) is 0 Å². The summed E-state index contributed by atoms with van der Waals surface area (Å²) in [5.41, 5.74) is 3.17. The van der Waals surface area contributed by atoms with Gasteiger partial charge >= 0.3 is 0 Å². The number of piperazine rings is 1. The number of nitrogens with zero attached hydrogens (tertiary/aromatic N) is 2. The summed E-state index contributed by atoms with van der Waals surface area (Å²) in [4.78, 5) is 28.8. The van der Waals surface area contributed by atoms with Crippen LogP contribution in [0.4, 0.5) is 5.69 Å². The monoisotopic (exact) mass is 366 g/mol. The summed E-state index contributed by atoms with van der Waals surface area (Å²) in [6, 6.07) is 17.9. The van der Waals surface area contributed by atoms with Gasteiger partial charge in [-0.3, -0.25) is 9.59 Å². The molecule has 0 aliphatic carbocycles. The van der Waals surface area contributed by atoms with Crippen LogP contribution in [0.2, 0.25) is 0 Å². The van der Waals surface area contributed by atoms with E-state index in [1.54, 1.807) is 9.80 Å². The number of carbonyl (C=O) groups is 2. The molecule has 0 bridgehead atoms. The Balaban J connectivity index is 1.83. The first kappa shape index (κ1) is 19.1. The van der Waals surface area contributed by atoms with E-state index >= 15 is 0 Å². The standard InChI is InChI=1S/C22H26N2O3/c1-3-27-16-22(26)24-15-21(25)23(19-11-9-17(2)10-12-19)14-20(24)13-18-7-5-4-6-8-18/h4-12,20H,3,13-16H2,1-2H3/t20-/m1/s1. The second kappa shape index (κ2) is 8.82. The van der Waals surface area contributed by atoms with Gasteiger partial charge in [-0.25, -0.2) is 0 Å². The molecule has 1 fully saturated rings. The van der Waals surface area contributed by atoms with Crippen LogP contribution in [0.15, 0.2) is 54.6 Å². The van der Waals surface area contributed by atoms with E-state index in [0.29, 0.717) is 19.6 Å². The molecule has 1 aliphatic rings. The molecule has 0 N–H and O–H groups in total. The summed E-state index contributed by atoms with van der Waals surface area (Å²) < 4.78 is 5.29. The lowest BCUT2D eigenvalue weighted by atomic mass is 10.0. The summed E-state index contributed by atoms with van der Waals surface area (Å²) in [5.74, 6) is -0.192. The summed E-state index contributed by atoms with van der Waals surface area (Å²) in [5, 5.41) is 0. The second-order valence-electron chi connectivity index (χ2n) is 6.84. The van der Waals surface area contributed by atoms with Crippen molar-refractivity contribution in [1.82, 2.24) is 4.90 Å². The average molecular weight is 366 g/mol. The maximum atomic E-state index is 12.8. The SMILES string of the molecule is CCOCC(=O)N1CC(=O)N(c2ccc(C)cc2)C[C@H]1Cc1ccccc1. The molecule has 2 amide bonds. The van der Waals surface area contributed by atoms with Crippen molar-refractivity contribution in [3.63, 3.8) is 0 Å². The van der Waals surface area contributed by atoms with Gasteiger partial charge in [-0.05, 0) is 38.0 Å². The zero-order chi connectivity index (χ0) is 19.2. The van der Waals surface area contributed by atoms with Gasteiger partial charge < -0.3 is 14.5 Å². The summed E-state index contributed by atoms with van der Waals surface area (Å²) >= 11 is 0. The zero-order valence-electron chi connectivity index (χ0n) is 15.9. The highest BCUT2D eigenvalue weighted by Crippen LogP contribution is 2.23. The van der Waals surface area contributed by atoms with Gasteiger partial charge in [-0.15, -0.1) is 0 Å². The minimum Gasteiger partial charge on any atom is -0.372 e. The van der Waals surface area contributed by atoms with Crippen molar-refractivity contribution in [1.29, 1.82) is 0 Å². The van der Waals surface area contributed by atoms with E-state index in [-0.39, 0.29) is 31.0 Å². The van der Waals surface area contributed by atoms with Crippen LogP contribution in [0.3, 0.4) is 0 Å². The van der Waals surface area contributed by atoms with Crippen LogP contribution in [0.1, 0.15) is 18.1 Å². The Morgan fingerprint density at radius 2 is 1.81 bits per heavy atom. The van der Waals surface area contributed by atoms with Crippen LogP contribution < -0.4 is 4.90 Å². The van der Waals surface area contributed by atoms with Crippen LogP contribution >= 0.6 is 0 Å². The number of amides is 2. The number of ether oxygens (including phenoxy) is 1. The predicted molar refractivity (Wildman–Crippen MR) is 106 cm³/mol. The number of hydrogen-bond donors (Lipinski definition) is 0. The van der Waals surface area contributed by atoms with E-state index < -0.39 is 0 Å². The van der Waals surface area contributed by atoms with E-state index in [4.69, 9.17) is 4.74 Å². The molecule has 0 radical (unpaired) electrons. The first-order valence-corrected chi connectivity index (χ1v) is 9.36. The summed E-state index contributed by atoms with van der Waals surface area (Å²) in [7, 11) is 0. The molecule has 27 heavy (non-hydrogen) atoms. The molecule has 5 nitrogen and oxygen atoms in total. The van der Waals surface area contributed by atoms with Gasteiger partial charge in [0, 0.05) is 18.8 Å². The third-order valence-electron chi connectivity index (χ3n) is 4.85. The molecule has 142 valence electrons. The van der Waals surface area contributed by atoms with Crippen LogP contribution in [-0.4, -0.2) is 49.1 Å². The first-order chi connectivity index (χ1) is 13.1. The number of anilines is 1. The van der Waals surface area contributed by atoms with Crippen molar-refractivity contribution in [3.05, 3.63) is 65.7 Å². The Hall–Kier alpha value is -2.66. The van der Waals surface area contributed by atoms with E-state index in [1.165, 1.54) is 0 Å². The fourth-order valence-corrected chi connectivity index (χ4v) is 3.37. The molecule has 1 heterocycles. The lowest BCUT2D eigenvalue weighted by Crippen LogP contribution is -2.59. The van der Waals surface area contributed by atoms with Gasteiger partial charge in [0.05, 0.1) is 6.04 Å². The fourth-order valence-electron chi connectivity index (χ4n) is 3.37. The fraction of sp³-hybridized carbons (Fsp3) is 0.364. The van der Waals surface area contributed by atoms with Gasteiger partial charge in [-0.2, -0.15) is 0 Å². The Morgan fingerprint density at radius 1 is 1.11 bits per heavy atom. The zero-order valence-corrected chi connectivity index (χ0v) is 15.9. The molecular formula is C22H26N2O3. The van der Waals surface area contributed by atoms with Crippen molar-refractivity contribution < 1.29 is 14.3 Å². The molecule has 2 aromatic rings. The Bertz CT molecular complexity index is 774. The van der Waals surface area contributed by atoms with Gasteiger partial charge in [0.15, 0.2) is 0 Å². The Labute approximate surface area is 160 Å². The molecule has 5 heteroatoms. The third kappa shape index (κ3) is 4.74. The van der Waals surface area contributed by atoms with Crippen molar-refractivity contribution in [2.75, 3.05) is 31.2 Å². The molecule has 0 unspecified atom stereocenters. The first-order valence-electron chi connectivity index (χ1n) is 9.36. The smallest absolute Gasteiger partial charge is 0.249 e. The van der Waals surface area contributed by atoms with E-state index in [1.807, 2.05) is 56.3 Å². The molecule has 0 aromatic heterocycles. The van der Waals surface area contributed by atoms with Crippen LogP contribution in [0.25, 0.3) is 0 Å². The lowest BCUT2D eigenvalue weighted by Gasteiger charge is -2.41. The van der Waals surface area contributed by atoms with Crippen molar-refractivity contribution in [2.45, 2.75) is 26.3 Å². The lowest BCUT2D eigenvalue weighted by molar-refractivity contribution is -0.143. The highest BCUT2D eigenvalue weighted by Gasteiger charge is 2.35. The Kier molecular flexibility index (Phi) is 6.24. The van der Waals surface area contributed by atoms with Crippen molar-refractivity contribution in [2.24, 2.45) is 0 Å². The number of hydrogen-bond acceptors (Lipinski definition) is 3. The van der Waals surface area contributed by atoms with Crippen molar-refractivity contribution >= 4 is 17.5 Å². The highest BCUT2D eigenvalue weighted by atomic mass is 16.5. The number of aryl methyl sites for hydroxylation is 1. The molecule has 2 aromatic carbocycles. The van der Waals surface area contributed by atoms with E-state index in [2.05, 4.69) is 12.1 Å². The minimum atomic E-state index is -0.130. The predicted octanol–water partition coefficient (Wildman–Crippen LogP) is 2.82. The molecule has 1 saturated heterocycles. The molecule has 3 rings (SSSR count). The van der Waals surface area contributed by atoms with Crippen molar-refractivity contribution in [3.8, 4) is 0 Å². The highest BCUT2D eigenvalue weighted by molar-refractivity contribution is 5.98. The van der Waals surface area contributed by atoms with E-state index in [0.717, 1.165) is 16.8 Å². The van der Waals surface area contributed by atoms with Gasteiger partial charge in [-0.1, -0.05) is 48.0 Å². The number of carbonyl (C=O) groups excluding carboxylic acids is 2. The summed E-state index contributed by atoms with van der Waals surface area (Å²) in [6.45, 7) is 4.93. The molecule has 0 spiro atoms. The third-order valence-corrected chi connectivity index (χ3v) is 4.85. The Morgan fingerprint density at radius 3 is 2.48 bits per heavy atom. The topological polar surface area (TPSA) is 49.9 Å². The van der Waals surface area contributed by atoms with Crippen LogP contribution in [0, 0.1) is 6.92 Å². The normalized spacial score (nSPS) is 17.3. The number of rotatable bonds is 6. The quantitative estimate of drug-likeness (QED) is 0.790. The maximum absolute atomic E-state index is 12.8. The molecule has 1 aliphatic heterocycles. The van der Waals surface area contributed by atoms with E-state index in [9.17, 15) is 9.59 Å². The minimum absolute atomic E-state index is 0.0135. The van der Waals surface area contributed by atoms with Gasteiger partial charge in [0.2, 0.25) is 11.8 Å². The average Bonchev–Trinajstić information content (AvgIpc) is 2.68. The van der Waals surface area contributed by atoms with Gasteiger partial charge in [0.1, 0.15) is 13.2 Å². The second-order valence-corrected chi connectivity index (χ2v) is 6.84. The molecular weight excluding hydrogens is 340 g/mol. The largest absolute Gasteiger partial charge is 0.372 e. The molecule has 1 atom stereocenters.